The molecule has 0 aromatic heterocycles. The van der Waals surface area contributed by atoms with Gasteiger partial charge in [-0.1, -0.05) is 48.0 Å². The van der Waals surface area contributed by atoms with Crippen LogP contribution in [0.15, 0.2) is 65.6 Å². The van der Waals surface area contributed by atoms with Gasteiger partial charge in [0, 0.05) is 16.3 Å². The first kappa shape index (κ1) is 27.0. The minimum absolute atomic E-state index is 0.219. The molecule has 4 rings (SSSR count). The second-order valence-electron chi connectivity index (χ2n) is 8.05. The minimum Gasteiger partial charge on any atom is -0.493 e. The molecule has 7 nitrogen and oxygen atoms in total. The lowest BCUT2D eigenvalue weighted by molar-refractivity contribution is -0.127. The van der Waals surface area contributed by atoms with Crippen molar-refractivity contribution in [2.75, 3.05) is 19.0 Å². The number of carbonyl (C=O) groups is 3. The topological polar surface area (TPSA) is 84.9 Å². The van der Waals surface area contributed by atoms with Crippen LogP contribution in [0, 0.1) is 10.5 Å². The summed E-state index contributed by atoms with van der Waals surface area (Å²) in [5.41, 5.74) is 3.01. The van der Waals surface area contributed by atoms with Crippen LogP contribution in [0.2, 0.25) is 5.02 Å². The first-order valence-corrected chi connectivity index (χ1v) is 13.4. The quantitative estimate of drug-likeness (QED) is 0.221. The Labute approximate surface area is 237 Å². The number of halogens is 2. The van der Waals surface area contributed by atoms with Crippen LogP contribution in [0.3, 0.4) is 0 Å². The summed E-state index contributed by atoms with van der Waals surface area (Å²) in [7, 11) is 1.53. The van der Waals surface area contributed by atoms with Crippen LogP contribution in [0.1, 0.15) is 16.7 Å². The van der Waals surface area contributed by atoms with Crippen LogP contribution in [-0.2, 0) is 16.2 Å². The molecule has 0 spiro atoms. The number of amides is 3. The summed E-state index contributed by atoms with van der Waals surface area (Å²) < 4.78 is 12.3. The fraction of sp³-hybridized carbons (Fsp3) is 0.148. The predicted octanol–water partition coefficient (Wildman–Crippen LogP) is 6.52. The summed E-state index contributed by atoms with van der Waals surface area (Å²) in [6.07, 6.45) is 1.60. The Kier molecular flexibility index (Phi) is 8.78. The average Bonchev–Trinajstić information content (AvgIpc) is 3.12. The maximum absolute atomic E-state index is 12.9. The number of hydrogen-bond donors (Lipinski definition) is 1. The van der Waals surface area contributed by atoms with Crippen LogP contribution < -0.4 is 14.8 Å². The molecule has 1 aliphatic rings. The molecule has 10 heteroatoms. The molecule has 0 atom stereocenters. The molecule has 0 aliphatic carbocycles. The van der Waals surface area contributed by atoms with Crippen LogP contribution in [-0.4, -0.2) is 35.6 Å². The maximum Gasteiger partial charge on any atom is 0.294 e. The van der Waals surface area contributed by atoms with Gasteiger partial charge < -0.3 is 14.8 Å². The molecule has 1 aliphatic heterocycles. The van der Waals surface area contributed by atoms with Gasteiger partial charge in [-0.3, -0.25) is 19.3 Å². The Hall–Kier alpha value is -3.02. The molecule has 3 amide bonds. The number of aryl methyl sites for hydroxylation is 1. The Bertz CT molecular complexity index is 1410. The van der Waals surface area contributed by atoms with E-state index in [9.17, 15) is 14.4 Å². The number of thioether (sulfide) groups is 1. The van der Waals surface area contributed by atoms with Gasteiger partial charge >= 0.3 is 0 Å². The highest BCUT2D eigenvalue weighted by atomic mass is 127. The van der Waals surface area contributed by atoms with E-state index in [1.165, 1.54) is 7.11 Å². The molecule has 3 aromatic carbocycles. The number of methoxy groups -OCH3 is 1. The number of imide groups is 1. The molecule has 0 unspecified atom stereocenters. The fourth-order valence-electron chi connectivity index (χ4n) is 3.56. The van der Waals surface area contributed by atoms with Crippen LogP contribution >= 0.6 is 46.0 Å². The molecule has 37 heavy (non-hydrogen) atoms. The lowest BCUT2D eigenvalue weighted by atomic mass is 10.1. The molecular weight excluding hydrogens is 627 g/mol. The molecule has 3 aromatic rings. The highest BCUT2D eigenvalue weighted by Crippen LogP contribution is 2.38. The van der Waals surface area contributed by atoms with Crippen molar-refractivity contribution in [3.05, 3.63) is 90.9 Å². The second-order valence-corrected chi connectivity index (χ2v) is 10.6. The van der Waals surface area contributed by atoms with E-state index in [1.54, 1.807) is 30.3 Å². The van der Waals surface area contributed by atoms with Crippen LogP contribution in [0.5, 0.6) is 11.5 Å². The van der Waals surface area contributed by atoms with Crippen molar-refractivity contribution in [3.8, 4) is 11.5 Å². The number of ether oxygens (including phenoxy) is 2. The van der Waals surface area contributed by atoms with E-state index < -0.39 is 17.1 Å². The number of carbonyl (C=O) groups excluding carboxylic acids is 3. The van der Waals surface area contributed by atoms with Crippen molar-refractivity contribution in [3.63, 3.8) is 0 Å². The zero-order chi connectivity index (χ0) is 26.5. The van der Waals surface area contributed by atoms with E-state index in [1.807, 2.05) is 43.3 Å². The molecule has 0 radical (unpaired) electrons. The summed E-state index contributed by atoms with van der Waals surface area (Å²) in [6, 6.07) is 18.2. The van der Waals surface area contributed by atoms with Gasteiger partial charge in [-0.25, -0.2) is 0 Å². The van der Waals surface area contributed by atoms with Crippen molar-refractivity contribution >= 4 is 74.8 Å². The Morgan fingerprint density at radius 3 is 2.59 bits per heavy atom. The molecular formula is C27H22ClIN2O5S. The largest absolute Gasteiger partial charge is 0.493 e. The van der Waals surface area contributed by atoms with E-state index >= 15 is 0 Å². The summed E-state index contributed by atoms with van der Waals surface area (Å²) >= 11 is 9.14. The molecule has 0 bridgehead atoms. The zero-order valence-corrected chi connectivity index (χ0v) is 23.6. The summed E-state index contributed by atoms with van der Waals surface area (Å²) in [6.45, 7) is 1.75. The Morgan fingerprint density at radius 1 is 1.14 bits per heavy atom. The molecule has 1 N–H and O–H groups in total. The average molecular weight is 649 g/mol. The smallest absolute Gasteiger partial charge is 0.294 e. The number of para-hydroxylation sites is 1. The summed E-state index contributed by atoms with van der Waals surface area (Å²) in [5, 5.41) is 2.85. The molecule has 1 heterocycles. The van der Waals surface area contributed by atoms with Crippen LogP contribution in [0.4, 0.5) is 10.5 Å². The van der Waals surface area contributed by atoms with Gasteiger partial charge in [0.25, 0.3) is 11.1 Å². The first-order chi connectivity index (χ1) is 17.8. The monoisotopic (exact) mass is 648 g/mol. The lowest BCUT2D eigenvalue weighted by Gasteiger charge is -2.14. The SMILES string of the molecule is COc1cc(/C=C2/SC(=O)N(CC(=O)Nc3ccccc3C)C2=O)cc(I)c1OCc1ccccc1Cl. The summed E-state index contributed by atoms with van der Waals surface area (Å²) in [4.78, 5) is 39.1. The number of rotatable bonds is 8. The van der Waals surface area contributed by atoms with Crippen molar-refractivity contribution in [2.45, 2.75) is 13.5 Å². The van der Waals surface area contributed by atoms with Gasteiger partial charge in [-0.2, -0.15) is 0 Å². The van der Waals surface area contributed by atoms with Gasteiger partial charge in [0.15, 0.2) is 11.5 Å². The van der Waals surface area contributed by atoms with Gasteiger partial charge in [0.05, 0.1) is 15.6 Å². The number of nitrogens with zero attached hydrogens (tertiary/aromatic N) is 1. The Morgan fingerprint density at radius 2 is 1.86 bits per heavy atom. The third-order valence-corrected chi connectivity index (χ3v) is 7.55. The van der Waals surface area contributed by atoms with E-state index in [2.05, 4.69) is 27.9 Å². The van der Waals surface area contributed by atoms with E-state index in [0.29, 0.717) is 27.8 Å². The van der Waals surface area contributed by atoms with Gasteiger partial charge in [0.1, 0.15) is 13.2 Å². The van der Waals surface area contributed by atoms with Crippen molar-refractivity contribution in [1.82, 2.24) is 4.90 Å². The normalized spacial score (nSPS) is 14.3. The van der Waals surface area contributed by atoms with E-state index in [0.717, 1.165) is 31.4 Å². The number of hydrogen-bond acceptors (Lipinski definition) is 6. The van der Waals surface area contributed by atoms with Crippen molar-refractivity contribution in [1.29, 1.82) is 0 Å². The second kappa shape index (κ2) is 12.0. The van der Waals surface area contributed by atoms with Crippen LogP contribution in [0.25, 0.3) is 6.08 Å². The third-order valence-electron chi connectivity index (χ3n) is 5.47. The Balaban J connectivity index is 1.48. The lowest BCUT2D eigenvalue weighted by Crippen LogP contribution is -2.36. The zero-order valence-electron chi connectivity index (χ0n) is 19.9. The summed E-state index contributed by atoms with van der Waals surface area (Å²) in [5.74, 6) is 0.0419. The number of benzene rings is 3. The third kappa shape index (κ3) is 6.46. The van der Waals surface area contributed by atoms with Gasteiger partial charge in [-0.15, -0.1) is 0 Å². The molecule has 0 saturated carbocycles. The maximum atomic E-state index is 12.9. The number of anilines is 1. The standard InChI is InChI=1S/C27H22ClIN2O5S/c1-16-7-3-6-10-21(16)30-24(32)14-31-26(33)23(37-27(31)34)13-17-11-20(29)25(22(12-17)35-2)36-15-18-8-4-5-9-19(18)28/h3-13H,14-15H2,1-2H3,(H,30,32)/b23-13+. The number of nitrogens with one attached hydrogen (secondary N) is 1. The molecule has 1 fully saturated rings. The van der Waals surface area contributed by atoms with Gasteiger partial charge in [-0.05, 0) is 82.7 Å². The minimum atomic E-state index is -0.525. The molecule has 190 valence electrons. The van der Waals surface area contributed by atoms with E-state index in [-0.39, 0.29) is 18.1 Å². The fourth-order valence-corrected chi connectivity index (χ4v) is 5.37. The molecule has 1 saturated heterocycles. The van der Waals surface area contributed by atoms with Crippen molar-refractivity contribution < 1.29 is 23.9 Å². The van der Waals surface area contributed by atoms with E-state index in [4.69, 9.17) is 21.1 Å². The predicted molar refractivity (Wildman–Crippen MR) is 154 cm³/mol. The van der Waals surface area contributed by atoms with Crippen molar-refractivity contribution in [2.24, 2.45) is 0 Å². The first-order valence-electron chi connectivity index (χ1n) is 11.1. The highest BCUT2D eigenvalue weighted by molar-refractivity contribution is 14.1. The van der Waals surface area contributed by atoms with Gasteiger partial charge in [0.2, 0.25) is 5.91 Å². The highest BCUT2D eigenvalue weighted by Gasteiger charge is 2.36.